The van der Waals surface area contributed by atoms with Gasteiger partial charge >= 0.3 is 6.18 Å². The van der Waals surface area contributed by atoms with Crippen LogP contribution in [0.4, 0.5) is 13.2 Å². The van der Waals surface area contributed by atoms with Crippen LogP contribution in [0.1, 0.15) is 17.2 Å². The van der Waals surface area contributed by atoms with Crippen molar-refractivity contribution in [3.63, 3.8) is 0 Å². The molecular weight excluding hydrogens is 405 g/mol. The zero-order valence-corrected chi connectivity index (χ0v) is 15.9. The Morgan fingerprint density at radius 3 is 2.59 bits per heavy atom. The number of hydrazine groups is 2. The fraction of sp³-hybridized carbons (Fsp3) is 0.263. The van der Waals surface area contributed by atoms with Crippen molar-refractivity contribution in [1.29, 1.82) is 0 Å². The van der Waals surface area contributed by atoms with Gasteiger partial charge in [-0.2, -0.15) is 18.7 Å². The molecule has 0 amide bonds. The van der Waals surface area contributed by atoms with E-state index in [1.807, 2.05) is 35.0 Å². The molecule has 4 rings (SSSR count). The molecule has 1 saturated heterocycles. The van der Waals surface area contributed by atoms with Crippen LogP contribution in [0, 0.1) is 0 Å². The first-order chi connectivity index (χ1) is 13.9. The molecule has 1 aliphatic rings. The largest absolute Gasteiger partial charge is 0.407 e. The van der Waals surface area contributed by atoms with Gasteiger partial charge in [-0.1, -0.05) is 23.7 Å². The zero-order valence-electron chi connectivity index (χ0n) is 15.1. The summed E-state index contributed by atoms with van der Waals surface area (Å²) in [5.41, 5.74) is 9.91. The molecule has 3 heterocycles. The van der Waals surface area contributed by atoms with Gasteiger partial charge in [0.05, 0.1) is 18.1 Å². The van der Waals surface area contributed by atoms with E-state index in [4.69, 9.17) is 11.6 Å². The second-order valence-corrected chi connectivity index (χ2v) is 7.19. The number of alkyl halides is 3. The van der Waals surface area contributed by atoms with Crippen molar-refractivity contribution in [1.82, 2.24) is 30.9 Å². The first-order valence-electron chi connectivity index (χ1n) is 8.95. The number of nitrogens with one attached hydrogen (secondary N) is 3. The zero-order chi connectivity index (χ0) is 20.4. The molecule has 1 aromatic carbocycles. The van der Waals surface area contributed by atoms with Gasteiger partial charge < -0.3 is 4.57 Å². The fourth-order valence-electron chi connectivity index (χ4n) is 3.21. The van der Waals surface area contributed by atoms with Gasteiger partial charge in [-0.3, -0.25) is 4.98 Å². The number of aryl methyl sites for hydroxylation is 2. The Hall–Kier alpha value is -2.46. The van der Waals surface area contributed by atoms with Crippen LogP contribution in [0.5, 0.6) is 0 Å². The van der Waals surface area contributed by atoms with E-state index in [2.05, 4.69) is 26.4 Å². The normalized spacial score (nSPS) is 19.6. The van der Waals surface area contributed by atoms with Crippen molar-refractivity contribution >= 4 is 11.6 Å². The van der Waals surface area contributed by atoms with Gasteiger partial charge in [0.1, 0.15) is 11.7 Å². The van der Waals surface area contributed by atoms with Crippen molar-refractivity contribution < 1.29 is 13.2 Å². The lowest BCUT2D eigenvalue weighted by atomic mass is 10.0. The summed E-state index contributed by atoms with van der Waals surface area (Å²) in [5, 5.41) is 0.694. The number of benzene rings is 1. The summed E-state index contributed by atoms with van der Waals surface area (Å²) in [6.45, 7) is 0.711. The van der Waals surface area contributed by atoms with Crippen molar-refractivity contribution in [3.8, 4) is 11.4 Å². The highest BCUT2D eigenvalue weighted by atomic mass is 35.5. The Labute approximate surface area is 170 Å². The molecule has 2 atom stereocenters. The predicted molar refractivity (Wildman–Crippen MR) is 103 cm³/mol. The topological polar surface area (TPSA) is 66.8 Å². The Balaban J connectivity index is 1.48. The molecule has 0 bridgehead atoms. The number of aromatic nitrogens is 3. The number of nitrogens with zero attached hydrogens (tertiary/aromatic N) is 3. The molecule has 10 heteroatoms. The van der Waals surface area contributed by atoms with Gasteiger partial charge in [0.25, 0.3) is 0 Å². The molecular formula is C19H18ClF3N6. The number of hydrogen-bond acceptors (Lipinski definition) is 5. The SMILES string of the molecule is FC(F)(F)C1NNNC1c1ccnc(-c2cn(CCc3ccc(Cl)cc3)cn2)c1. The lowest BCUT2D eigenvalue weighted by molar-refractivity contribution is -0.156. The third kappa shape index (κ3) is 4.59. The van der Waals surface area contributed by atoms with Crippen molar-refractivity contribution in [2.24, 2.45) is 0 Å². The molecule has 0 aliphatic carbocycles. The maximum atomic E-state index is 13.2. The molecule has 3 N–H and O–H groups in total. The van der Waals surface area contributed by atoms with Crippen LogP contribution in [0.2, 0.25) is 5.02 Å². The van der Waals surface area contributed by atoms with Crippen LogP contribution in [0.25, 0.3) is 11.4 Å². The van der Waals surface area contributed by atoms with Gasteiger partial charge in [0.2, 0.25) is 0 Å². The summed E-state index contributed by atoms with van der Waals surface area (Å²) >= 11 is 5.90. The van der Waals surface area contributed by atoms with Gasteiger partial charge in [0.15, 0.2) is 0 Å². The van der Waals surface area contributed by atoms with E-state index in [0.29, 0.717) is 28.5 Å². The second kappa shape index (κ2) is 8.11. The molecule has 1 fully saturated rings. The van der Waals surface area contributed by atoms with Gasteiger partial charge in [0, 0.05) is 24.0 Å². The standard InChI is InChI=1S/C19H18ClF3N6/c20-14-3-1-12(2-4-14)6-8-29-10-16(25-11-29)15-9-13(5-7-24-15)17-18(19(21,22)23)27-28-26-17/h1-5,7,9-11,17-18,26-28H,6,8H2. The summed E-state index contributed by atoms with van der Waals surface area (Å²) in [5.74, 6) is 0. The minimum atomic E-state index is -4.39. The Bertz CT molecular complexity index is 973. The summed E-state index contributed by atoms with van der Waals surface area (Å²) in [4.78, 5) is 8.62. The highest BCUT2D eigenvalue weighted by Crippen LogP contribution is 2.32. The third-order valence-corrected chi connectivity index (χ3v) is 5.00. The predicted octanol–water partition coefficient (Wildman–Crippen LogP) is 3.43. The molecule has 152 valence electrons. The van der Waals surface area contributed by atoms with Crippen LogP contribution in [0.3, 0.4) is 0 Å². The highest BCUT2D eigenvalue weighted by molar-refractivity contribution is 6.30. The van der Waals surface area contributed by atoms with Crippen LogP contribution >= 0.6 is 11.6 Å². The maximum Gasteiger partial charge on any atom is 0.407 e. The van der Waals surface area contributed by atoms with E-state index in [0.717, 1.165) is 12.0 Å². The molecule has 0 spiro atoms. The first-order valence-corrected chi connectivity index (χ1v) is 9.33. The van der Waals surface area contributed by atoms with E-state index in [9.17, 15) is 13.2 Å². The van der Waals surface area contributed by atoms with Crippen molar-refractivity contribution in [2.45, 2.75) is 31.2 Å². The molecule has 3 aromatic rings. The average Bonchev–Trinajstić information content (AvgIpc) is 3.37. The quantitative estimate of drug-likeness (QED) is 0.588. The minimum Gasteiger partial charge on any atom is -0.336 e. The molecule has 0 saturated carbocycles. The molecule has 29 heavy (non-hydrogen) atoms. The smallest absolute Gasteiger partial charge is 0.336 e. The fourth-order valence-corrected chi connectivity index (χ4v) is 3.34. The molecule has 2 aromatic heterocycles. The molecule has 0 radical (unpaired) electrons. The lowest BCUT2D eigenvalue weighted by Gasteiger charge is -2.21. The molecule has 1 aliphatic heterocycles. The lowest BCUT2D eigenvalue weighted by Crippen LogP contribution is -2.43. The number of rotatable bonds is 5. The highest BCUT2D eigenvalue weighted by Gasteiger charge is 2.48. The number of imidazole rings is 1. The van der Waals surface area contributed by atoms with Crippen LogP contribution in [-0.4, -0.2) is 26.8 Å². The molecule has 2 unspecified atom stereocenters. The van der Waals surface area contributed by atoms with Gasteiger partial charge in [-0.25, -0.2) is 15.8 Å². The van der Waals surface area contributed by atoms with Crippen LogP contribution in [-0.2, 0) is 13.0 Å². The third-order valence-electron chi connectivity index (χ3n) is 4.75. The second-order valence-electron chi connectivity index (χ2n) is 6.76. The van der Waals surface area contributed by atoms with Crippen LogP contribution < -0.4 is 16.4 Å². The Morgan fingerprint density at radius 1 is 1.03 bits per heavy atom. The number of halogens is 4. The van der Waals surface area contributed by atoms with Gasteiger partial charge in [-0.05, 0) is 41.8 Å². The Morgan fingerprint density at radius 2 is 1.83 bits per heavy atom. The number of hydrogen-bond donors (Lipinski definition) is 3. The molecule has 6 nitrogen and oxygen atoms in total. The summed E-state index contributed by atoms with van der Waals surface area (Å²) < 4.78 is 41.5. The summed E-state index contributed by atoms with van der Waals surface area (Å²) in [6.07, 6.45) is 1.42. The minimum absolute atomic E-state index is 0.463. The van der Waals surface area contributed by atoms with Crippen molar-refractivity contribution in [2.75, 3.05) is 0 Å². The first kappa shape index (κ1) is 19.8. The van der Waals surface area contributed by atoms with E-state index in [1.165, 1.54) is 6.20 Å². The monoisotopic (exact) mass is 422 g/mol. The summed E-state index contributed by atoms with van der Waals surface area (Å²) in [6, 6.07) is 8.11. The van der Waals surface area contributed by atoms with Crippen LogP contribution in [0.15, 0.2) is 55.1 Å². The maximum absolute atomic E-state index is 13.2. The average molecular weight is 423 g/mol. The van der Waals surface area contributed by atoms with E-state index in [1.54, 1.807) is 18.5 Å². The Kier molecular flexibility index (Phi) is 5.55. The van der Waals surface area contributed by atoms with E-state index in [-0.39, 0.29) is 0 Å². The summed E-state index contributed by atoms with van der Waals surface area (Å²) in [7, 11) is 0. The van der Waals surface area contributed by atoms with Gasteiger partial charge in [-0.15, -0.1) is 0 Å². The van der Waals surface area contributed by atoms with Crippen molar-refractivity contribution in [3.05, 3.63) is 71.3 Å². The number of pyridine rings is 1. The van der Waals surface area contributed by atoms with E-state index >= 15 is 0 Å². The van der Waals surface area contributed by atoms with E-state index < -0.39 is 18.3 Å².